The van der Waals surface area contributed by atoms with Crippen LogP contribution >= 0.6 is 24.2 Å². The monoisotopic (exact) mass is 308 g/mol. The second-order valence-corrected chi connectivity index (χ2v) is 7.45. The molecule has 0 aliphatic carbocycles. The Balaban J connectivity index is 0.00000324. The fourth-order valence-corrected chi connectivity index (χ4v) is 3.00. The normalized spacial score (nSPS) is 19.6. The average molecular weight is 309 g/mol. The molecule has 1 unspecified atom stereocenters. The van der Waals surface area contributed by atoms with Crippen LogP contribution in [-0.2, 0) is 4.79 Å². The maximum Gasteiger partial charge on any atom is 0.221 e. The van der Waals surface area contributed by atoms with Crippen molar-refractivity contribution in [1.82, 2.24) is 10.6 Å². The maximum atomic E-state index is 11.7. The number of halogens is 1. The highest BCUT2D eigenvalue weighted by Crippen LogP contribution is 2.21. The van der Waals surface area contributed by atoms with E-state index in [4.69, 9.17) is 0 Å². The standard InChI is InChI=1S/C14H28N2OS.ClH/c1-14(2,3)6-4-5-7-16-13(17)10-12-11-18-9-8-15-12;/h12,15H,4-11H2,1-3H3,(H,16,17);1H. The molecule has 1 fully saturated rings. The molecule has 1 amide bonds. The summed E-state index contributed by atoms with van der Waals surface area (Å²) in [6.07, 6.45) is 4.15. The van der Waals surface area contributed by atoms with Gasteiger partial charge in [0.1, 0.15) is 0 Å². The number of nitrogens with one attached hydrogen (secondary N) is 2. The minimum absolute atomic E-state index is 0. The number of unbranched alkanes of at least 4 members (excludes halogenated alkanes) is 1. The minimum Gasteiger partial charge on any atom is -0.356 e. The molecular formula is C14H29ClN2OS. The highest BCUT2D eigenvalue weighted by molar-refractivity contribution is 7.99. The first-order chi connectivity index (χ1) is 8.47. The highest BCUT2D eigenvalue weighted by Gasteiger charge is 2.16. The Morgan fingerprint density at radius 3 is 2.68 bits per heavy atom. The summed E-state index contributed by atoms with van der Waals surface area (Å²) in [6.45, 7) is 8.65. The second kappa shape index (κ2) is 9.89. The second-order valence-electron chi connectivity index (χ2n) is 6.30. The Kier molecular flexibility index (Phi) is 9.93. The van der Waals surface area contributed by atoms with Crippen LogP contribution in [0.4, 0.5) is 0 Å². The molecular weight excluding hydrogens is 280 g/mol. The van der Waals surface area contributed by atoms with Crippen molar-refractivity contribution >= 4 is 30.1 Å². The third-order valence-corrected chi connectivity index (χ3v) is 4.24. The first-order valence-electron chi connectivity index (χ1n) is 7.05. The number of thioether (sulfide) groups is 1. The lowest BCUT2D eigenvalue weighted by Crippen LogP contribution is -2.41. The van der Waals surface area contributed by atoms with Gasteiger partial charge in [0.15, 0.2) is 0 Å². The van der Waals surface area contributed by atoms with E-state index in [0.29, 0.717) is 17.9 Å². The summed E-state index contributed by atoms with van der Waals surface area (Å²) in [5.41, 5.74) is 0.410. The van der Waals surface area contributed by atoms with Crippen LogP contribution in [0, 0.1) is 5.41 Å². The van der Waals surface area contributed by atoms with Crippen LogP contribution in [0.1, 0.15) is 46.5 Å². The van der Waals surface area contributed by atoms with E-state index in [2.05, 4.69) is 31.4 Å². The van der Waals surface area contributed by atoms with Crippen LogP contribution in [-0.4, -0.2) is 36.5 Å². The lowest BCUT2D eigenvalue weighted by atomic mass is 9.90. The largest absolute Gasteiger partial charge is 0.356 e. The van der Waals surface area contributed by atoms with Gasteiger partial charge in [0.05, 0.1) is 0 Å². The number of hydrogen-bond acceptors (Lipinski definition) is 3. The molecule has 1 aliphatic heterocycles. The maximum absolute atomic E-state index is 11.7. The Morgan fingerprint density at radius 2 is 2.11 bits per heavy atom. The Morgan fingerprint density at radius 1 is 1.37 bits per heavy atom. The molecule has 1 aliphatic rings. The van der Waals surface area contributed by atoms with Gasteiger partial charge in [-0.15, -0.1) is 12.4 Å². The number of carbonyl (C=O) groups is 1. The lowest BCUT2D eigenvalue weighted by molar-refractivity contribution is -0.121. The number of hydrogen-bond donors (Lipinski definition) is 2. The molecule has 5 heteroatoms. The smallest absolute Gasteiger partial charge is 0.221 e. The SMILES string of the molecule is CC(C)(C)CCCCNC(=O)CC1CSCCN1.Cl. The van der Waals surface area contributed by atoms with Gasteiger partial charge in [-0.1, -0.05) is 27.2 Å². The van der Waals surface area contributed by atoms with Crippen molar-refractivity contribution in [2.75, 3.05) is 24.6 Å². The summed E-state index contributed by atoms with van der Waals surface area (Å²) in [5.74, 6) is 2.44. The zero-order valence-electron chi connectivity index (χ0n) is 12.5. The molecule has 0 aromatic carbocycles. The average Bonchev–Trinajstić information content (AvgIpc) is 2.28. The molecule has 19 heavy (non-hydrogen) atoms. The van der Waals surface area contributed by atoms with Crippen LogP contribution in [0.5, 0.6) is 0 Å². The fraction of sp³-hybridized carbons (Fsp3) is 0.929. The van der Waals surface area contributed by atoms with E-state index in [1.54, 1.807) is 0 Å². The molecule has 3 nitrogen and oxygen atoms in total. The highest BCUT2D eigenvalue weighted by atomic mass is 35.5. The van der Waals surface area contributed by atoms with Crippen molar-refractivity contribution in [3.63, 3.8) is 0 Å². The number of amides is 1. The summed E-state index contributed by atoms with van der Waals surface area (Å²) < 4.78 is 0. The zero-order valence-corrected chi connectivity index (χ0v) is 14.1. The number of carbonyl (C=O) groups excluding carboxylic acids is 1. The van der Waals surface area contributed by atoms with Gasteiger partial charge in [0, 0.05) is 37.1 Å². The predicted molar refractivity (Wildman–Crippen MR) is 87.3 cm³/mol. The Bertz CT molecular complexity index is 250. The summed E-state index contributed by atoms with van der Waals surface area (Å²) in [7, 11) is 0. The molecule has 0 aromatic rings. The van der Waals surface area contributed by atoms with Crippen molar-refractivity contribution < 1.29 is 4.79 Å². The van der Waals surface area contributed by atoms with Gasteiger partial charge >= 0.3 is 0 Å². The lowest BCUT2D eigenvalue weighted by Gasteiger charge is -2.22. The summed E-state index contributed by atoms with van der Waals surface area (Å²) in [4.78, 5) is 11.7. The molecule has 0 radical (unpaired) electrons. The third kappa shape index (κ3) is 10.5. The summed E-state index contributed by atoms with van der Waals surface area (Å²) >= 11 is 1.94. The van der Waals surface area contributed by atoms with E-state index in [-0.39, 0.29) is 18.3 Å². The van der Waals surface area contributed by atoms with Crippen molar-refractivity contribution in [3.05, 3.63) is 0 Å². The molecule has 1 saturated heterocycles. The van der Waals surface area contributed by atoms with E-state index in [0.717, 1.165) is 25.3 Å². The fourth-order valence-electron chi connectivity index (χ4n) is 2.05. The molecule has 1 heterocycles. The quantitative estimate of drug-likeness (QED) is 0.741. The molecule has 0 spiro atoms. The van der Waals surface area contributed by atoms with Gasteiger partial charge in [-0.05, 0) is 18.3 Å². The van der Waals surface area contributed by atoms with Crippen LogP contribution in [0.25, 0.3) is 0 Å². The molecule has 0 saturated carbocycles. The van der Waals surface area contributed by atoms with E-state index in [1.165, 1.54) is 18.6 Å². The molecule has 1 rings (SSSR count). The molecule has 114 valence electrons. The van der Waals surface area contributed by atoms with Crippen LogP contribution < -0.4 is 10.6 Å². The minimum atomic E-state index is 0. The first kappa shape index (κ1) is 19.1. The molecule has 1 atom stereocenters. The molecule has 0 aromatic heterocycles. The topological polar surface area (TPSA) is 41.1 Å². The van der Waals surface area contributed by atoms with Gasteiger partial charge in [-0.25, -0.2) is 0 Å². The summed E-state index contributed by atoms with van der Waals surface area (Å²) in [6, 6.07) is 0.373. The van der Waals surface area contributed by atoms with Crippen molar-refractivity contribution in [2.45, 2.75) is 52.5 Å². The van der Waals surface area contributed by atoms with Gasteiger partial charge < -0.3 is 10.6 Å². The van der Waals surface area contributed by atoms with Crippen molar-refractivity contribution in [2.24, 2.45) is 5.41 Å². The van der Waals surface area contributed by atoms with Crippen molar-refractivity contribution in [1.29, 1.82) is 0 Å². The van der Waals surface area contributed by atoms with Gasteiger partial charge in [-0.2, -0.15) is 11.8 Å². The zero-order chi connectivity index (χ0) is 13.4. The van der Waals surface area contributed by atoms with E-state index >= 15 is 0 Å². The molecule has 2 N–H and O–H groups in total. The van der Waals surface area contributed by atoms with E-state index < -0.39 is 0 Å². The van der Waals surface area contributed by atoms with Gasteiger partial charge in [0.25, 0.3) is 0 Å². The van der Waals surface area contributed by atoms with Gasteiger partial charge in [-0.3, -0.25) is 4.79 Å². The van der Waals surface area contributed by atoms with Crippen LogP contribution in [0.15, 0.2) is 0 Å². The molecule has 0 bridgehead atoms. The van der Waals surface area contributed by atoms with E-state index in [9.17, 15) is 4.79 Å². The summed E-state index contributed by atoms with van der Waals surface area (Å²) in [5, 5.41) is 6.42. The Labute approximate surface area is 128 Å². The predicted octanol–water partition coefficient (Wildman–Crippen LogP) is 2.84. The Hall–Kier alpha value is 0.0700. The van der Waals surface area contributed by atoms with Crippen LogP contribution in [0.3, 0.4) is 0 Å². The first-order valence-corrected chi connectivity index (χ1v) is 8.21. The van der Waals surface area contributed by atoms with E-state index in [1.807, 2.05) is 11.8 Å². The van der Waals surface area contributed by atoms with Crippen LogP contribution in [0.2, 0.25) is 0 Å². The number of rotatable bonds is 6. The van der Waals surface area contributed by atoms with Gasteiger partial charge in [0.2, 0.25) is 5.91 Å². The third-order valence-electron chi connectivity index (χ3n) is 3.11. The van der Waals surface area contributed by atoms with Crippen molar-refractivity contribution in [3.8, 4) is 0 Å².